The highest BCUT2D eigenvalue weighted by Gasteiger charge is 2.17. The van der Waals surface area contributed by atoms with Crippen molar-refractivity contribution < 1.29 is 4.79 Å². The lowest BCUT2D eigenvalue weighted by molar-refractivity contribution is 0.0948. The van der Waals surface area contributed by atoms with Gasteiger partial charge in [-0.2, -0.15) is 0 Å². The number of amides is 1. The summed E-state index contributed by atoms with van der Waals surface area (Å²) < 4.78 is 0. The van der Waals surface area contributed by atoms with Gasteiger partial charge in [0.1, 0.15) is 11.5 Å². The average molecular weight is 328 g/mol. The topological polar surface area (TPSA) is 58.1 Å². The smallest absolute Gasteiger partial charge is 0.271 e. The van der Waals surface area contributed by atoms with Crippen LogP contribution in [0.2, 0.25) is 0 Å². The number of aromatic nitrogens is 2. The van der Waals surface area contributed by atoms with Crippen molar-refractivity contribution in [3.05, 3.63) is 29.7 Å². The standard InChI is InChI=1S/C19H28N4O/c1-15-8-11-23(12-9-15)18-14-21-17(13-22-18)19(24)20-10-7-16-5-3-2-4-6-16/h5,13-15H,2-4,6-12H2,1H3,(H,20,24). The van der Waals surface area contributed by atoms with E-state index in [1.54, 1.807) is 12.4 Å². The fourth-order valence-electron chi connectivity index (χ4n) is 3.40. The van der Waals surface area contributed by atoms with Gasteiger partial charge in [0.05, 0.1) is 12.4 Å². The van der Waals surface area contributed by atoms with E-state index in [0.717, 1.165) is 31.2 Å². The Morgan fingerprint density at radius 1 is 1.25 bits per heavy atom. The SMILES string of the molecule is CC1CCN(c2cnc(C(=O)NCCC3=CCCCC3)cn2)CC1. The number of allylic oxidation sites excluding steroid dienone is 1. The molecule has 1 amide bonds. The van der Waals surface area contributed by atoms with E-state index in [9.17, 15) is 4.79 Å². The minimum Gasteiger partial charge on any atom is -0.355 e. The molecule has 2 heterocycles. The molecule has 0 unspecified atom stereocenters. The first-order chi connectivity index (χ1) is 11.7. The maximum Gasteiger partial charge on any atom is 0.271 e. The van der Waals surface area contributed by atoms with Gasteiger partial charge < -0.3 is 10.2 Å². The molecule has 5 heteroatoms. The molecule has 0 atom stereocenters. The third-order valence-corrected chi connectivity index (χ3v) is 5.10. The Labute approximate surface area is 144 Å². The predicted molar refractivity (Wildman–Crippen MR) is 96.1 cm³/mol. The van der Waals surface area contributed by atoms with Crippen molar-refractivity contribution in [2.45, 2.75) is 51.9 Å². The van der Waals surface area contributed by atoms with Crippen LogP contribution in [-0.2, 0) is 0 Å². The molecule has 1 aliphatic heterocycles. The quantitative estimate of drug-likeness (QED) is 0.842. The van der Waals surface area contributed by atoms with E-state index in [-0.39, 0.29) is 5.91 Å². The second kappa shape index (κ2) is 8.27. The Balaban J connectivity index is 1.47. The molecule has 24 heavy (non-hydrogen) atoms. The number of nitrogens with one attached hydrogen (secondary N) is 1. The van der Waals surface area contributed by atoms with Crippen LogP contribution in [-0.4, -0.2) is 35.5 Å². The number of anilines is 1. The highest BCUT2D eigenvalue weighted by molar-refractivity contribution is 5.92. The van der Waals surface area contributed by atoms with Crippen LogP contribution in [0.1, 0.15) is 62.4 Å². The van der Waals surface area contributed by atoms with Gasteiger partial charge in [-0.3, -0.25) is 4.79 Å². The summed E-state index contributed by atoms with van der Waals surface area (Å²) >= 11 is 0. The predicted octanol–water partition coefficient (Wildman–Crippen LogP) is 3.33. The van der Waals surface area contributed by atoms with E-state index < -0.39 is 0 Å². The molecular formula is C19H28N4O. The van der Waals surface area contributed by atoms with Crippen LogP contribution in [0, 0.1) is 5.92 Å². The number of rotatable bonds is 5. The molecule has 3 rings (SSSR count). The van der Waals surface area contributed by atoms with Crippen LogP contribution in [0.4, 0.5) is 5.82 Å². The summed E-state index contributed by atoms with van der Waals surface area (Å²) in [4.78, 5) is 23.2. The van der Waals surface area contributed by atoms with Crippen molar-refractivity contribution in [2.75, 3.05) is 24.5 Å². The summed E-state index contributed by atoms with van der Waals surface area (Å²) in [5, 5.41) is 2.96. The highest BCUT2D eigenvalue weighted by atomic mass is 16.1. The first-order valence-electron chi connectivity index (χ1n) is 9.25. The molecule has 1 fully saturated rings. The van der Waals surface area contributed by atoms with Gasteiger partial charge in [0.15, 0.2) is 0 Å². The first-order valence-corrected chi connectivity index (χ1v) is 9.25. The number of carbonyl (C=O) groups excluding carboxylic acids is 1. The number of piperidine rings is 1. The zero-order chi connectivity index (χ0) is 16.8. The Morgan fingerprint density at radius 2 is 2.08 bits per heavy atom. The van der Waals surface area contributed by atoms with Gasteiger partial charge in [-0.15, -0.1) is 0 Å². The zero-order valence-electron chi connectivity index (χ0n) is 14.6. The molecule has 1 saturated heterocycles. The normalized spacial score (nSPS) is 19.0. The van der Waals surface area contributed by atoms with Crippen LogP contribution < -0.4 is 10.2 Å². The monoisotopic (exact) mass is 328 g/mol. The maximum absolute atomic E-state index is 12.2. The second-order valence-electron chi connectivity index (χ2n) is 7.04. The molecule has 5 nitrogen and oxygen atoms in total. The van der Waals surface area contributed by atoms with Crippen LogP contribution >= 0.6 is 0 Å². The number of hydrogen-bond acceptors (Lipinski definition) is 4. The van der Waals surface area contributed by atoms with Gasteiger partial charge in [0.25, 0.3) is 5.91 Å². The van der Waals surface area contributed by atoms with Gasteiger partial charge in [-0.1, -0.05) is 18.6 Å². The van der Waals surface area contributed by atoms with Crippen LogP contribution in [0.5, 0.6) is 0 Å². The molecule has 1 aromatic rings. The first kappa shape index (κ1) is 16.9. The fraction of sp³-hybridized carbons (Fsp3) is 0.632. The van der Waals surface area contributed by atoms with E-state index in [0.29, 0.717) is 12.2 Å². The number of carbonyl (C=O) groups is 1. The molecule has 130 valence electrons. The van der Waals surface area contributed by atoms with Crippen molar-refractivity contribution in [1.82, 2.24) is 15.3 Å². The highest BCUT2D eigenvalue weighted by Crippen LogP contribution is 2.21. The Kier molecular flexibility index (Phi) is 5.83. The van der Waals surface area contributed by atoms with Crippen molar-refractivity contribution in [3.63, 3.8) is 0 Å². The lowest BCUT2D eigenvalue weighted by Crippen LogP contribution is -2.33. The molecule has 0 spiro atoms. The molecule has 1 N–H and O–H groups in total. The maximum atomic E-state index is 12.2. The lowest BCUT2D eigenvalue weighted by atomic mass is 9.97. The van der Waals surface area contributed by atoms with Gasteiger partial charge in [0, 0.05) is 19.6 Å². The van der Waals surface area contributed by atoms with Crippen molar-refractivity contribution in [3.8, 4) is 0 Å². The number of nitrogens with zero attached hydrogens (tertiary/aromatic N) is 3. The van der Waals surface area contributed by atoms with Gasteiger partial charge in [0.2, 0.25) is 0 Å². The zero-order valence-corrected chi connectivity index (χ0v) is 14.6. The van der Waals surface area contributed by atoms with E-state index in [4.69, 9.17) is 0 Å². The van der Waals surface area contributed by atoms with Gasteiger partial charge in [-0.05, 0) is 50.9 Å². The van der Waals surface area contributed by atoms with Gasteiger partial charge in [-0.25, -0.2) is 9.97 Å². The van der Waals surface area contributed by atoms with E-state index in [2.05, 4.69) is 33.2 Å². The second-order valence-corrected chi connectivity index (χ2v) is 7.04. The third kappa shape index (κ3) is 4.56. The van der Waals surface area contributed by atoms with E-state index in [1.807, 2.05) is 0 Å². The van der Waals surface area contributed by atoms with Crippen molar-refractivity contribution >= 4 is 11.7 Å². The summed E-state index contributed by atoms with van der Waals surface area (Å²) in [5.74, 6) is 1.54. The summed E-state index contributed by atoms with van der Waals surface area (Å²) in [5.41, 5.74) is 1.88. The summed E-state index contributed by atoms with van der Waals surface area (Å²) in [7, 11) is 0. The molecular weight excluding hydrogens is 300 g/mol. The molecule has 1 aromatic heterocycles. The Morgan fingerprint density at radius 3 is 2.75 bits per heavy atom. The lowest BCUT2D eigenvalue weighted by Gasteiger charge is -2.30. The van der Waals surface area contributed by atoms with E-state index >= 15 is 0 Å². The van der Waals surface area contributed by atoms with Crippen LogP contribution in [0.15, 0.2) is 24.0 Å². The number of hydrogen-bond donors (Lipinski definition) is 1. The van der Waals surface area contributed by atoms with E-state index in [1.165, 1.54) is 44.1 Å². The van der Waals surface area contributed by atoms with Crippen molar-refractivity contribution in [2.24, 2.45) is 5.92 Å². The Bertz CT molecular complexity index is 574. The minimum atomic E-state index is -0.127. The molecule has 1 aliphatic carbocycles. The van der Waals surface area contributed by atoms with Crippen molar-refractivity contribution in [1.29, 1.82) is 0 Å². The molecule has 0 aromatic carbocycles. The fourth-order valence-corrected chi connectivity index (χ4v) is 3.40. The molecule has 0 bridgehead atoms. The largest absolute Gasteiger partial charge is 0.355 e. The molecule has 0 saturated carbocycles. The summed E-state index contributed by atoms with van der Waals surface area (Å²) in [6.45, 7) is 5.02. The Hall–Kier alpha value is -1.91. The summed E-state index contributed by atoms with van der Waals surface area (Å²) in [6, 6.07) is 0. The van der Waals surface area contributed by atoms with Crippen LogP contribution in [0.25, 0.3) is 0 Å². The minimum absolute atomic E-state index is 0.127. The molecule has 0 radical (unpaired) electrons. The summed E-state index contributed by atoms with van der Waals surface area (Å²) in [6.07, 6.45) is 13.9. The van der Waals surface area contributed by atoms with Crippen LogP contribution in [0.3, 0.4) is 0 Å². The third-order valence-electron chi connectivity index (χ3n) is 5.10. The molecule has 2 aliphatic rings. The van der Waals surface area contributed by atoms with Gasteiger partial charge >= 0.3 is 0 Å². The average Bonchev–Trinajstić information content (AvgIpc) is 2.63.